The first-order valence-electron chi connectivity index (χ1n) is 5.57. The number of nitrogens with one attached hydrogen (secondary N) is 2. The molecule has 2 aromatic rings. The van der Waals surface area contributed by atoms with Gasteiger partial charge in [0.05, 0.1) is 11.3 Å². The van der Waals surface area contributed by atoms with Crippen LogP contribution in [0.15, 0.2) is 24.4 Å². The summed E-state index contributed by atoms with van der Waals surface area (Å²) in [5.74, 6) is -0.915. The van der Waals surface area contributed by atoms with Gasteiger partial charge in [0.25, 0.3) is 0 Å². The van der Waals surface area contributed by atoms with Crippen LogP contribution in [0, 0.1) is 18.3 Å². The number of hydrogen-bond donors (Lipinski definition) is 3. The zero-order valence-electron chi connectivity index (χ0n) is 10.5. The first-order chi connectivity index (χ1) is 9.63. The van der Waals surface area contributed by atoms with Gasteiger partial charge in [0.15, 0.2) is 0 Å². The lowest BCUT2D eigenvalue weighted by molar-refractivity contribution is 0.0697. The summed E-state index contributed by atoms with van der Waals surface area (Å²) in [5, 5.41) is 33.9. The predicted molar refractivity (Wildman–Crippen MR) is 69.5 cm³/mol. The standard InChI is InChI=1S/C12H10N6O2/c1-7-3-2-4-9(10(7)12(19)20)14-6-8(5-13)11-15-17-18-16-11/h2-4,6,14H,1H3,(H,19,20)(H,15,16,17,18). The van der Waals surface area contributed by atoms with Gasteiger partial charge in [-0.15, -0.1) is 10.2 Å². The number of aromatic nitrogens is 4. The normalized spacial score (nSPS) is 10.9. The Morgan fingerprint density at radius 2 is 2.35 bits per heavy atom. The van der Waals surface area contributed by atoms with Crippen LogP contribution >= 0.6 is 0 Å². The van der Waals surface area contributed by atoms with Crippen LogP contribution in [-0.2, 0) is 0 Å². The summed E-state index contributed by atoms with van der Waals surface area (Å²) in [4.78, 5) is 11.2. The molecule has 0 saturated heterocycles. The second-order valence-corrected chi connectivity index (χ2v) is 3.85. The van der Waals surface area contributed by atoms with E-state index in [9.17, 15) is 9.90 Å². The van der Waals surface area contributed by atoms with Crippen molar-refractivity contribution in [3.8, 4) is 6.07 Å². The minimum absolute atomic E-state index is 0.129. The largest absolute Gasteiger partial charge is 0.478 e. The van der Waals surface area contributed by atoms with Crippen molar-refractivity contribution >= 4 is 17.2 Å². The molecular weight excluding hydrogens is 260 g/mol. The average Bonchev–Trinajstić information content (AvgIpc) is 2.93. The van der Waals surface area contributed by atoms with Crippen LogP contribution in [0.5, 0.6) is 0 Å². The fourth-order valence-corrected chi connectivity index (χ4v) is 1.64. The number of aromatic amines is 1. The molecule has 8 nitrogen and oxygen atoms in total. The molecule has 0 spiro atoms. The van der Waals surface area contributed by atoms with Crippen LogP contribution in [0.2, 0.25) is 0 Å². The number of tetrazole rings is 1. The Hall–Kier alpha value is -3.21. The zero-order valence-corrected chi connectivity index (χ0v) is 10.5. The van der Waals surface area contributed by atoms with E-state index in [1.807, 2.05) is 6.07 Å². The number of aryl methyl sites for hydroxylation is 1. The molecule has 1 heterocycles. The van der Waals surface area contributed by atoms with Crippen LogP contribution in [0.1, 0.15) is 21.7 Å². The van der Waals surface area contributed by atoms with E-state index >= 15 is 0 Å². The first-order valence-corrected chi connectivity index (χ1v) is 5.57. The van der Waals surface area contributed by atoms with Gasteiger partial charge < -0.3 is 10.4 Å². The Kier molecular flexibility index (Phi) is 3.72. The first kappa shape index (κ1) is 13.2. The number of benzene rings is 1. The number of aromatic carboxylic acids is 1. The quantitative estimate of drug-likeness (QED) is 0.711. The van der Waals surface area contributed by atoms with E-state index in [0.717, 1.165) is 0 Å². The number of allylic oxidation sites excluding steroid dienone is 1. The lowest BCUT2D eigenvalue weighted by atomic mass is 10.1. The molecule has 0 radical (unpaired) electrons. The van der Waals surface area contributed by atoms with Gasteiger partial charge >= 0.3 is 5.97 Å². The van der Waals surface area contributed by atoms with E-state index in [0.29, 0.717) is 11.3 Å². The minimum Gasteiger partial charge on any atom is -0.478 e. The van der Waals surface area contributed by atoms with E-state index in [2.05, 4.69) is 25.9 Å². The maximum absolute atomic E-state index is 11.2. The summed E-state index contributed by atoms with van der Waals surface area (Å²) in [7, 11) is 0. The Morgan fingerprint density at radius 1 is 1.55 bits per heavy atom. The van der Waals surface area contributed by atoms with Crippen LogP contribution in [0.25, 0.3) is 5.57 Å². The monoisotopic (exact) mass is 270 g/mol. The van der Waals surface area contributed by atoms with E-state index in [1.54, 1.807) is 25.1 Å². The van der Waals surface area contributed by atoms with Gasteiger partial charge in [-0.1, -0.05) is 12.1 Å². The molecule has 0 unspecified atom stereocenters. The number of carbonyl (C=O) groups is 1. The third kappa shape index (κ3) is 2.62. The highest BCUT2D eigenvalue weighted by molar-refractivity contribution is 5.96. The molecule has 0 aliphatic rings. The van der Waals surface area contributed by atoms with Gasteiger partial charge in [-0.3, -0.25) is 0 Å². The fourth-order valence-electron chi connectivity index (χ4n) is 1.64. The molecular formula is C12H10N6O2. The Morgan fingerprint density at radius 3 is 2.95 bits per heavy atom. The SMILES string of the molecule is Cc1cccc(NC=C(C#N)c2nn[nH]n2)c1C(=O)O. The van der Waals surface area contributed by atoms with Gasteiger partial charge in [0.2, 0.25) is 5.82 Å². The van der Waals surface area contributed by atoms with Crippen LogP contribution in [-0.4, -0.2) is 31.7 Å². The van der Waals surface area contributed by atoms with Gasteiger partial charge in [0, 0.05) is 6.20 Å². The third-order valence-electron chi connectivity index (χ3n) is 2.57. The number of anilines is 1. The van der Waals surface area contributed by atoms with Gasteiger partial charge in [-0.05, 0) is 23.8 Å². The van der Waals surface area contributed by atoms with Crippen molar-refractivity contribution in [2.75, 3.05) is 5.32 Å². The number of rotatable bonds is 4. The highest BCUT2D eigenvalue weighted by atomic mass is 16.4. The lowest BCUT2D eigenvalue weighted by Crippen LogP contribution is -2.05. The van der Waals surface area contributed by atoms with Crippen molar-refractivity contribution < 1.29 is 9.90 Å². The molecule has 0 saturated carbocycles. The second kappa shape index (κ2) is 5.62. The van der Waals surface area contributed by atoms with Gasteiger partial charge in [0.1, 0.15) is 11.6 Å². The molecule has 0 atom stereocenters. The van der Waals surface area contributed by atoms with Crippen LogP contribution < -0.4 is 5.32 Å². The Balaban J connectivity index is 2.34. The predicted octanol–water partition coefficient (Wildman–Crippen LogP) is 1.18. The molecule has 1 aromatic carbocycles. The van der Waals surface area contributed by atoms with Crippen molar-refractivity contribution in [1.29, 1.82) is 5.26 Å². The van der Waals surface area contributed by atoms with Crippen molar-refractivity contribution in [2.24, 2.45) is 0 Å². The van der Waals surface area contributed by atoms with E-state index in [1.165, 1.54) is 6.20 Å². The molecule has 0 aliphatic heterocycles. The zero-order chi connectivity index (χ0) is 14.5. The number of nitriles is 1. The highest BCUT2D eigenvalue weighted by Crippen LogP contribution is 2.20. The molecule has 0 aliphatic carbocycles. The molecule has 3 N–H and O–H groups in total. The fraction of sp³-hybridized carbons (Fsp3) is 0.0833. The number of H-pyrrole nitrogens is 1. The van der Waals surface area contributed by atoms with Crippen molar-refractivity contribution in [3.05, 3.63) is 41.4 Å². The smallest absolute Gasteiger partial charge is 0.338 e. The molecule has 8 heteroatoms. The summed E-state index contributed by atoms with van der Waals surface area (Å²) in [5.41, 5.74) is 1.29. The maximum atomic E-state index is 11.2. The Labute approximate surface area is 113 Å². The third-order valence-corrected chi connectivity index (χ3v) is 2.57. The molecule has 0 amide bonds. The van der Waals surface area contributed by atoms with Gasteiger partial charge in [-0.2, -0.15) is 10.5 Å². The minimum atomic E-state index is -1.04. The summed E-state index contributed by atoms with van der Waals surface area (Å²) >= 11 is 0. The average molecular weight is 270 g/mol. The summed E-state index contributed by atoms with van der Waals surface area (Å²) in [6.07, 6.45) is 1.34. The number of carboxylic acids is 1. The molecule has 0 fully saturated rings. The molecule has 100 valence electrons. The van der Waals surface area contributed by atoms with Crippen LogP contribution in [0.4, 0.5) is 5.69 Å². The second-order valence-electron chi connectivity index (χ2n) is 3.85. The Bertz CT molecular complexity index is 699. The van der Waals surface area contributed by atoms with Crippen LogP contribution in [0.3, 0.4) is 0 Å². The summed E-state index contributed by atoms with van der Waals surface area (Å²) in [6, 6.07) is 6.93. The molecule has 20 heavy (non-hydrogen) atoms. The molecule has 1 aromatic heterocycles. The van der Waals surface area contributed by atoms with Crippen molar-refractivity contribution in [1.82, 2.24) is 20.6 Å². The van der Waals surface area contributed by atoms with E-state index < -0.39 is 5.97 Å². The van der Waals surface area contributed by atoms with E-state index in [-0.39, 0.29) is 17.0 Å². The molecule has 0 bridgehead atoms. The lowest BCUT2D eigenvalue weighted by Gasteiger charge is -2.08. The summed E-state index contributed by atoms with van der Waals surface area (Å²) in [6.45, 7) is 1.70. The van der Waals surface area contributed by atoms with Crippen molar-refractivity contribution in [2.45, 2.75) is 6.92 Å². The topological polar surface area (TPSA) is 128 Å². The van der Waals surface area contributed by atoms with E-state index in [4.69, 9.17) is 5.26 Å². The maximum Gasteiger partial charge on any atom is 0.338 e. The van der Waals surface area contributed by atoms with Gasteiger partial charge in [-0.25, -0.2) is 4.79 Å². The molecule has 2 rings (SSSR count). The number of nitrogens with zero attached hydrogens (tertiary/aromatic N) is 4. The highest BCUT2D eigenvalue weighted by Gasteiger charge is 2.12. The number of hydrogen-bond acceptors (Lipinski definition) is 6. The van der Waals surface area contributed by atoms with Crippen molar-refractivity contribution in [3.63, 3.8) is 0 Å². The number of carboxylic acid groups (broad SMARTS) is 1. The summed E-state index contributed by atoms with van der Waals surface area (Å²) < 4.78 is 0.